The normalized spacial score (nSPS) is 11.8. The molecule has 0 bridgehead atoms. The number of para-hydroxylation sites is 1. The van der Waals surface area contributed by atoms with Gasteiger partial charge < -0.3 is 15.0 Å². The van der Waals surface area contributed by atoms with E-state index in [1.165, 1.54) is 0 Å². The molecule has 3 aromatic rings. The van der Waals surface area contributed by atoms with Gasteiger partial charge in [0.15, 0.2) is 0 Å². The number of fused-ring (bicyclic) bond motifs is 2. The van der Waals surface area contributed by atoms with Crippen molar-refractivity contribution in [2.24, 2.45) is 0 Å². The SMILES string of the molecule is COc1ccc2c3c(cc(=O)[nH]c13)-c1ccccc1N2. The van der Waals surface area contributed by atoms with Crippen LogP contribution >= 0.6 is 0 Å². The second-order valence-electron chi connectivity index (χ2n) is 4.78. The maximum absolute atomic E-state index is 11.9. The standard InChI is InChI=1S/C16H12N2O2/c1-20-13-7-6-12-15-10(8-14(19)18-16(13)15)9-4-2-3-5-11(9)17-12/h2-8,17H,1H3,(H,18,19). The minimum absolute atomic E-state index is 0.125. The van der Waals surface area contributed by atoms with Gasteiger partial charge in [0.25, 0.3) is 0 Å². The third kappa shape index (κ3) is 1.39. The van der Waals surface area contributed by atoms with Crippen molar-refractivity contribution in [3.63, 3.8) is 0 Å². The van der Waals surface area contributed by atoms with E-state index >= 15 is 0 Å². The van der Waals surface area contributed by atoms with Crippen LogP contribution in [-0.2, 0) is 0 Å². The number of aromatic nitrogens is 1. The lowest BCUT2D eigenvalue weighted by Crippen LogP contribution is -2.10. The molecule has 1 aromatic heterocycles. The van der Waals surface area contributed by atoms with Gasteiger partial charge in [-0.05, 0) is 18.2 Å². The number of hydrogen-bond acceptors (Lipinski definition) is 3. The smallest absolute Gasteiger partial charge is 0.249 e. The van der Waals surface area contributed by atoms with E-state index in [1.54, 1.807) is 13.2 Å². The number of H-pyrrole nitrogens is 1. The number of anilines is 2. The van der Waals surface area contributed by atoms with E-state index in [2.05, 4.69) is 10.3 Å². The van der Waals surface area contributed by atoms with Crippen LogP contribution in [0.1, 0.15) is 0 Å². The lowest BCUT2D eigenvalue weighted by atomic mass is 9.95. The van der Waals surface area contributed by atoms with Gasteiger partial charge in [0.05, 0.1) is 12.6 Å². The van der Waals surface area contributed by atoms with Crippen LogP contribution in [0.4, 0.5) is 11.4 Å². The third-order valence-corrected chi connectivity index (χ3v) is 3.67. The van der Waals surface area contributed by atoms with Gasteiger partial charge in [-0.1, -0.05) is 18.2 Å². The molecule has 0 atom stereocenters. The summed E-state index contributed by atoms with van der Waals surface area (Å²) in [7, 11) is 1.60. The molecule has 0 unspecified atom stereocenters. The van der Waals surface area contributed by atoms with E-state index in [4.69, 9.17) is 4.74 Å². The predicted molar refractivity (Wildman–Crippen MR) is 79.8 cm³/mol. The van der Waals surface area contributed by atoms with Gasteiger partial charge in [0, 0.05) is 34.0 Å². The monoisotopic (exact) mass is 264 g/mol. The second kappa shape index (κ2) is 3.87. The Hall–Kier alpha value is -2.75. The number of nitrogens with one attached hydrogen (secondary N) is 2. The lowest BCUT2D eigenvalue weighted by molar-refractivity contribution is 0.419. The largest absolute Gasteiger partial charge is 0.495 e. The van der Waals surface area contributed by atoms with E-state index in [-0.39, 0.29) is 5.56 Å². The van der Waals surface area contributed by atoms with Crippen LogP contribution in [0.25, 0.3) is 22.0 Å². The quantitative estimate of drug-likeness (QED) is 0.555. The summed E-state index contributed by atoms with van der Waals surface area (Å²) in [6.07, 6.45) is 0. The Morgan fingerprint density at radius 1 is 1.00 bits per heavy atom. The Morgan fingerprint density at radius 2 is 1.85 bits per heavy atom. The van der Waals surface area contributed by atoms with Gasteiger partial charge >= 0.3 is 0 Å². The highest BCUT2D eigenvalue weighted by Gasteiger charge is 2.20. The van der Waals surface area contributed by atoms with E-state index in [0.717, 1.165) is 33.4 Å². The Balaban J connectivity index is 2.22. The molecule has 2 N–H and O–H groups in total. The molecule has 1 aliphatic heterocycles. The fraction of sp³-hybridized carbons (Fsp3) is 0.0625. The zero-order valence-corrected chi connectivity index (χ0v) is 10.9. The number of pyridine rings is 1. The first-order chi connectivity index (χ1) is 9.78. The van der Waals surface area contributed by atoms with Gasteiger partial charge in [-0.2, -0.15) is 0 Å². The van der Waals surface area contributed by atoms with E-state index in [9.17, 15) is 4.79 Å². The summed E-state index contributed by atoms with van der Waals surface area (Å²) in [5.41, 5.74) is 4.56. The van der Waals surface area contributed by atoms with Crippen LogP contribution in [0.3, 0.4) is 0 Å². The lowest BCUT2D eigenvalue weighted by Gasteiger charge is -2.22. The van der Waals surface area contributed by atoms with Crippen molar-refractivity contribution < 1.29 is 4.74 Å². The fourth-order valence-corrected chi connectivity index (χ4v) is 2.81. The molecule has 20 heavy (non-hydrogen) atoms. The topological polar surface area (TPSA) is 54.1 Å². The molecule has 0 saturated carbocycles. The number of benzene rings is 2. The van der Waals surface area contributed by atoms with Crippen LogP contribution in [0, 0.1) is 0 Å². The molecule has 0 saturated heterocycles. The molecule has 2 heterocycles. The molecule has 0 amide bonds. The van der Waals surface area contributed by atoms with Crippen LogP contribution in [0.5, 0.6) is 5.75 Å². The highest BCUT2D eigenvalue weighted by atomic mass is 16.5. The summed E-state index contributed by atoms with van der Waals surface area (Å²) in [6, 6.07) is 13.4. The molecule has 0 spiro atoms. The van der Waals surface area contributed by atoms with Crippen LogP contribution in [0.2, 0.25) is 0 Å². The molecule has 98 valence electrons. The first-order valence-corrected chi connectivity index (χ1v) is 6.38. The van der Waals surface area contributed by atoms with Gasteiger partial charge in [-0.15, -0.1) is 0 Å². The van der Waals surface area contributed by atoms with Crippen LogP contribution in [-0.4, -0.2) is 12.1 Å². The molecule has 0 radical (unpaired) electrons. The van der Waals surface area contributed by atoms with Gasteiger partial charge in [0.1, 0.15) is 5.75 Å². The van der Waals surface area contributed by atoms with E-state index in [0.29, 0.717) is 5.75 Å². The molecule has 1 aliphatic rings. The summed E-state index contributed by atoms with van der Waals surface area (Å²) < 4.78 is 5.35. The Kier molecular flexibility index (Phi) is 2.15. The van der Waals surface area contributed by atoms with Gasteiger partial charge in [-0.25, -0.2) is 0 Å². The van der Waals surface area contributed by atoms with E-state index < -0.39 is 0 Å². The molecule has 4 heteroatoms. The van der Waals surface area contributed by atoms with Crippen LogP contribution in [0.15, 0.2) is 47.3 Å². The Morgan fingerprint density at radius 3 is 2.70 bits per heavy atom. The molecule has 4 rings (SSSR count). The number of hydrogen-bond donors (Lipinski definition) is 2. The predicted octanol–water partition coefficient (Wildman–Crippen LogP) is 3.26. The van der Waals surface area contributed by atoms with Crippen LogP contribution < -0.4 is 15.6 Å². The average Bonchev–Trinajstić information content (AvgIpc) is 2.47. The third-order valence-electron chi connectivity index (χ3n) is 3.67. The molecule has 0 fully saturated rings. The van der Waals surface area contributed by atoms with Crippen molar-refractivity contribution in [3.8, 4) is 16.9 Å². The summed E-state index contributed by atoms with van der Waals surface area (Å²) in [5.74, 6) is 0.670. The molecule has 0 aliphatic carbocycles. The molecule has 2 aromatic carbocycles. The van der Waals surface area contributed by atoms with Crippen molar-refractivity contribution in [2.45, 2.75) is 0 Å². The average molecular weight is 264 g/mol. The minimum atomic E-state index is -0.125. The Labute approximate surface area is 115 Å². The van der Waals surface area contributed by atoms with Gasteiger partial charge in [-0.3, -0.25) is 4.79 Å². The van der Waals surface area contributed by atoms with Crippen molar-refractivity contribution in [2.75, 3.05) is 12.4 Å². The van der Waals surface area contributed by atoms with Crippen molar-refractivity contribution in [1.29, 1.82) is 0 Å². The Bertz CT molecular complexity index is 897. The maximum Gasteiger partial charge on any atom is 0.249 e. The molecular formula is C16H12N2O2. The number of ether oxygens (including phenoxy) is 1. The molecular weight excluding hydrogens is 252 g/mol. The zero-order valence-electron chi connectivity index (χ0n) is 10.9. The first kappa shape index (κ1) is 11.1. The zero-order chi connectivity index (χ0) is 13.7. The number of methoxy groups -OCH3 is 1. The summed E-state index contributed by atoms with van der Waals surface area (Å²) >= 11 is 0. The highest BCUT2D eigenvalue weighted by molar-refractivity contribution is 6.11. The first-order valence-electron chi connectivity index (χ1n) is 6.38. The summed E-state index contributed by atoms with van der Waals surface area (Å²) in [4.78, 5) is 14.8. The number of rotatable bonds is 1. The highest BCUT2D eigenvalue weighted by Crippen LogP contribution is 2.44. The van der Waals surface area contributed by atoms with Crippen molar-refractivity contribution in [1.82, 2.24) is 4.98 Å². The minimum Gasteiger partial charge on any atom is -0.495 e. The fourth-order valence-electron chi connectivity index (χ4n) is 2.81. The van der Waals surface area contributed by atoms with E-state index in [1.807, 2.05) is 36.4 Å². The van der Waals surface area contributed by atoms with Crippen molar-refractivity contribution >= 4 is 22.3 Å². The summed E-state index contributed by atoms with van der Waals surface area (Å²) in [5, 5.41) is 4.39. The van der Waals surface area contributed by atoms with Crippen molar-refractivity contribution in [3.05, 3.63) is 52.8 Å². The maximum atomic E-state index is 11.9. The van der Waals surface area contributed by atoms with Gasteiger partial charge in [0.2, 0.25) is 5.56 Å². The molecule has 4 nitrogen and oxygen atoms in total. The summed E-state index contributed by atoms with van der Waals surface area (Å²) in [6.45, 7) is 0. The second-order valence-corrected chi connectivity index (χ2v) is 4.78. The number of aromatic amines is 1.